The fourth-order valence-corrected chi connectivity index (χ4v) is 0.900. The zero-order valence-corrected chi connectivity index (χ0v) is 5.29. The van der Waals surface area contributed by atoms with E-state index in [0.29, 0.717) is 0 Å². The molecule has 0 radical (unpaired) electrons. The van der Waals surface area contributed by atoms with Crippen LogP contribution in [0, 0.1) is 0 Å². The Hall–Kier alpha value is 0.530. The lowest BCUT2D eigenvalue weighted by Gasteiger charge is -1.66. The summed E-state index contributed by atoms with van der Waals surface area (Å²) >= 11 is 0. The van der Waals surface area contributed by atoms with E-state index in [2.05, 4.69) is 11.2 Å². The van der Waals surface area contributed by atoms with Gasteiger partial charge in [-0.2, -0.15) is 0 Å². The summed E-state index contributed by atoms with van der Waals surface area (Å²) < 4.78 is 3.97. The van der Waals surface area contributed by atoms with Crippen LogP contribution in [-0.4, -0.2) is 13.3 Å². The maximum atomic E-state index is 3.97. The number of hydrogen-bond donors (Lipinski definition) is 0. The third-order valence-corrected chi connectivity index (χ3v) is 1.80. The summed E-state index contributed by atoms with van der Waals surface area (Å²) in [6, 6.07) is 0. The van der Waals surface area contributed by atoms with Gasteiger partial charge in [0.2, 0.25) is 0 Å². The maximum Gasteiger partial charge on any atom is 0.00362 e. The predicted molar refractivity (Wildman–Crippen MR) is 29.5 cm³/mol. The molecule has 0 aromatic heterocycles. The minimum absolute atomic E-state index is 0.770. The SMILES string of the molecule is CP=NPC. The average Bonchev–Trinajstić information content (AvgIpc) is 1.41. The Morgan fingerprint density at radius 2 is 2.40 bits per heavy atom. The van der Waals surface area contributed by atoms with E-state index in [4.69, 9.17) is 0 Å². The molecule has 0 rings (SSSR count). The van der Waals surface area contributed by atoms with Crippen molar-refractivity contribution in [3.63, 3.8) is 0 Å². The molecule has 0 saturated carbocycles. The largest absolute Gasteiger partial charge is 0.249 e. The Morgan fingerprint density at radius 3 is 2.40 bits per heavy atom. The van der Waals surface area contributed by atoms with Crippen LogP contribution in [0.2, 0.25) is 0 Å². The summed E-state index contributed by atoms with van der Waals surface area (Å²) in [5.74, 6) is 0. The third-order valence-electron chi connectivity index (χ3n) is 0.200. The van der Waals surface area contributed by atoms with E-state index in [0.717, 1.165) is 8.73 Å². The van der Waals surface area contributed by atoms with Gasteiger partial charge >= 0.3 is 0 Å². The summed E-state index contributed by atoms with van der Waals surface area (Å²) in [7, 11) is 1.94. The third kappa shape index (κ3) is 4.53. The molecule has 1 nitrogen and oxygen atoms in total. The highest BCUT2D eigenvalue weighted by Gasteiger charge is 1.51. The topological polar surface area (TPSA) is 12.4 Å². The van der Waals surface area contributed by atoms with Gasteiger partial charge in [-0.05, 0) is 13.3 Å². The van der Waals surface area contributed by atoms with E-state index < -0.39 is 0 Å². The van der Waals surface area contributed by atoms with Crippen molar-refractivity contribution in [2.45, 2.75) is 0 Å². The van der Waals surface area contributed by atoms with Crippen LogP contribution in [0.15, 0.2) is 4.52 Å². The van der Waals surface area contributed by atoms with Crippen molar-refractivity contribution < 1.29 is 0 Å². The van der Waals surface area contributed by atoms with Crippen molar-refractivity contribution in [2.24, 2.45) is 4.52 Å². The highest BCUT2D eigenvalue weighted by atomic mass is 31.1. The molecule has 0 spiro atoms. The Bertz CT molecular complexity index is 34.6. The fourth-order valence-electron chi connectivity index (χ4n) is 0.100. The van der Waals surface area contributed by atoms with Gasteiger partial charge < -0.3 is 0 Å². The molecule has 1 unspecified atom stereocenters. The van der Waals surface area contributed by atoms with Crippen LogP contribution in [0.3, 0.4) is 0 Å². The minimum Gasteiger partial charge on any atom is -0.249 e. The molecule has 0 fully saturated rings. The normalized spacial score (nSPS) is 12.4. The van der Waals surface area contributed by atoms with Crippen molar-refractivity contribution in [1.29, 1.82) is 0 Å². The van der Waals surface area contributed by atoms with Gasteiger partial charge in [-0.1, -0.05) is 0 Å². The number of rotatable bonds is 1. The highest BCUT2D eigenvalue weighted by molar-refractivity contribution is 7.43. The van der Waals surface area contributed by atoms with Crippen LogP contribution in [0.5, 0.6) is 0 Å². The second-order valence-corrected chi connectivity index (χ2v) is 2.17. The molecule has 0 heterocycles. The minimum atomic E-state index is 0.770. The molecule has 5 heavy (non-hydrogen) atoms. The van der Waals surface area contributed by atoms with Crippen LogP contribution >= 0.6 is 17.1 Å². The van der Waals surface area contributed by atoms with Crippen molar-refractivity contribution in [3.8, 4) is 0 Å². The second kappa shape index (κ2) is 4.53. The van der Waals surface area contributed by atoms with Crippen LogP contribution < -0.4 is 0 Å². The van der Waals surface area contributed by atoms with Gasteiger partial charge in [-0.25, -0.2) is 4.52 Å². The van der Waals surface area contributed by atoms with Gasteiger partial charge in [0.05, 0.1) is 0 Å². The zero-order valence-electron chi connectivity index (χ0n) is 3.39. The van der Waals surface area contributed by atoms with Crippen molar-refractivity contribution >= 4 is 17.1 Å². The number of hydrogen-bond acceptors (Lipinski definition) is 1. The molecule has 0 aliphatic heterocycles. The molecule has 0 aliphatic rings. The Labute approximate surface area is 35.9 Å². The monoisotopic (exact) mass is 107 g/mol. The second-order valence-electron chi connectivity index (χ2n) is 0.524. The average molecular weight is 107 g/mol. The lowest BCUT2D eigenvalue weighted by Crippen LogP contribution is -1.21. The van der Waals surface area contributed by atoms with Gasteiger partial charge in [0.25, 0.3) is 0 Å². The van der Waals surface area contributed by atoms with Gasteiger partial charge in [0, 0.05) is 17.1 Å². The van der Waals surface area contributed by atoms with E-state index in [1.54, 1.807) is 0 Å². The molecule has 0 aliphatic carbocycles. The molecule has 0 aromatic carbocycles. The Morgan fingerprint density at radius 1 is 1.80 bits per heavy atom. The highest BCUT2D eigenvalue weighted by Crippen LogP contribution is 2.09. The Kier molecular flexibility index (Phi) is 5.01. The van der Waals surface area contributed by atoms with Gasteiger partial charge in [-0.15, -0.1) is 0 Å². The van der Waals surface area contributed by atoms with Crippen LogP contribution in [0.4, 0.5) is 0 Å². The molecule has 30 valence electrons. The first-order chi connectivity index (χ1) is 2.41. The predicted octanol–water partition coefficient (Wildman–Crippen LogP) is 1.97. The van der Waals surface area contributed by atoms with E-state index in [1.807, 2.05) is 6.66 Å². The first kappa shape index (κ1) is 5.53. The first-order valence-corrected chi connectivity index (χ1v) is 4.11. The molecule has 1 atom stereocenters. The summed E-state index contributed by atoms with van der Waals surface area (Å²) in [4.78, 5) is 0. The zero-order chi connectivity index (χ0) is 4.12. The van der Waals surface area contributed by atoms with Crippen LogP contribution in [-0.2, 0) is 0 Å². The van der Waals surface area contributed by atoms with E-state index in [1.165, 1.54) is 8.37 Å². The number of nitrogens with zero attached hydrogens (tertiary/aromatic N) is 1. The first-order valence-electron chi connectivity index (χ1n) is 1.37. The molecule has 0 bridgehead atoms. The van der Waals surface area contributed by atoms with Crippen molar-refractivity contribution in [3.05, 3.63) is 0 Å². The lowest BCUT2D eigenvalue weighted by molar-refractivity contribution is 2.01. The molecular formula is C2H7NP2. The smallest absolute Gasteiger partial charge is 0.00362 e. The Balaban J connectivity index is 2.62. The van der Waals surface area contributed by atoms with Crippen LogP contribution in [0.1, 0.15) is 0 Å². The standard InChI is InChI=1S/C2H7NP2/c1-4-3-5-2/h4H,1-2H3. The van der Waals surface area contributed by atoms with Crippen LogP contribution in [0.25, 0.3) is 0 Å². The quantitative estimate of drug-likeness (QED) is 0.454. The van der Waals surface area contributed by atoms with E-state index in [9.17, 15) is 0 Å². The van der Waals surface area contributed by atoms with Gasteiger partial charge in [-0.3, -0.25) is 0 Å². The van der Waals surface area contributed by atoms with Crippen molar-refractivity contribution in [1.82, 2.24) is 0 Å². The summed E-state index contributed by atoms with van der Waals surface area (Å²) in [5, 5.41) is 0. The summed E-state index contributed by atoms with van der Waals surface area (Å²) in [5.41, 5.74) is 0. The molecular weight excluding hydrogens is 100.0 g/mol. The van der Waals surface area contributed by atoms with E-state index >= 15 is 0 Å². The maximum absolute atomic E-state index is 3.97. The molecule has 0 saturated heterocycles. The lowest BCUT2D eigenvalue weighted by atomic mass is 12.0. The summed E-state index contributed by atoms with van der Waals surface area (Å²) in [6.07, 6.45) is 0. The molecule has 0 N–H and O–H groups in total. The van der Waals surface area contributed by atoms with Crippen molar-refractivity contribution in [2.75, 3.05) is 13.3 Å². The van der Waals surface area contributed by atoms with Gasteiger partial charge in [0.15, 0.2) is 0 Å². The molecule has 0 amide bonds. The van der Waals surface area contributed by atoms with E-state index in [-0.39, 0.29) is 0 Å². The van der Waals surface area contributed by atoms with Gasteiger partial charge in [0.1, 0.15) is 0 Å². The molecule has 0 aromatic rings. The summed E-state index contributed by atoms with van der Waals surface area (Å²) in [6.45, 7) is 4.09. The molecule has 3 heteroatoms. The fraction of sp³-hybridized carbons (Fsp3) is 1.00.